The normalized spacial score (nSPS) is 22.1. The Bertz CT molecular complexity index is 485. The molecule has 1 saturated heterocycles. The summed E-state index contributed by atoms with van der Waals surface area (Å²) >= 11 is 3.40. The summed E-state index contributed by atoms with van der Waals surface area (Å²) in [6, 6.07) is 0. The van der Waals surface area contributed by atoms with Crippen LogP contribution in [-0.4, -0.2) is 41.1 Å². The average Bonchev–Trinajstić information content (AvgIpc) is 2.98. The highest BCUT2D eigenvalue weighted by Gasteiger charge is 2.33. The van der Waals surface area contributed by atoms with E-state index < -0.39 is 10.0 Å². The van der Waals surface area contributed by atoms with E-state index in [1.165, 1.54) is 10.5 Å². The van der Waals surface area contributed by atoms with Gasteiger partial charge in [0.25, 0.3) is 10.0 Å². The smallest absolute Gasteiger partial charge is 0.260 e. The molecule has 1 unspecified atom stereocenters. The lowest BCUT2D eigenvalue weighted by atomic mass is 10.2. The molecule has 0 aliphatic carbocycles. The first-order valence-electron chi connectivity index (χ1n) is 5.68. The molecule has 1 fully saturated rings. The van der Waals surface area contributed by atoms with Gasteiger partial charge in [-0.3, -0.25) is 0 Å². The SMILES string of the molecule is CCc1ncc(S(=O)(=O)N2CCC(CBr)C2)[nH]1. The van der Waals surface area contributed by atoms with Crippen LogP contribution in [-0.2, 0) is 16.4 Å². The molecule has 0 aromatic carbocycles. The first kappa shape index (κ1) is 13.0. The molecule has 96 valence electrons. The zero-order chi connectivity index (χ0) is 12.5. The molecule has 2 heterocycles. The fourth-order valence-corrected chi connectivity index (χ4v) is 3.93. The maximum atomic E-state index is 12.3. The predicted molar refractivity (Wildman–Crippen MR) is 68.6 cm³/mol. The van der Waals surface area contributed by atoms with Crippen molar-refractivity contribution in [3.05, 3.63) is 12.0 Å². The Morgan fingerprint density at radius 2 is 2.41 bits per heavy atom. The molecule has 17 heavy (non-hydrogen) atoms. The van der Waals surface area contributed by atoms with E-state index in [-0.39, 0.29) is 5.03 Å². The fourth-order valence-electron chi connectivity index (χ4n) is 1.93. The van der Waals surface area contributed by atoms with Crippen LogP contribution in [0, 0.1) is 5.92 Å². The van der Waals surface area contributed by atoms with E-state index in [0.717, 1.165) is 11.8 Å². The van der Waals surface area contributed by atoms with E-state index in [0.29, 0.717) is 31.3 Å². The number of nitrogens with one attached hydrogen (secondary N) is 1. The summed E-state index contributed by atoms with van der Waals surface area (Å²) in [5.74, 6) is 1.12. The predicted octanol–water partition coefficient (Wildman–Crippen LogP) is 1.38. The molecule has 7 heteroatoms. The minimum absolute atomic E-state index is 0.213. The van der Waals surface area contributed by atoms with E-state index in [1.54, 1.807) is 0 Å². The number of sulfonamides is 1. The number of H-pyrrole nitrogens is 1. The number of aromatic nitrogens is 2. The Hall–Kier alpha value is -0.400. The Morgan fingerprint density at radius 3 is 2.94 bits per heavy atom. The van der Waals surface area contributed by atoms with E-state index >= 15 is 0 Å². The Kier molecular flexibility index (Phi) is 3.89. The number of alkyl halides is 1. The third-order valence-electron chi connectivity index (χ3n) is 3.02. The van der Waals surface area contributed by atoms with Crippen LogP contribution in [0.4, 0.5) is 0 Å². The number of hydrogen-bond acceptors (Lipinski definition) is 3. The van der Waals surface area contributed by atoms with Gasteiger partial charge in [-0.15, -0.1) is 0 Å². The van der Waals surface area contributed by atoms with Crippen LogP contribution in [0.5, 0.6) is 0 Å². The van der Waals surface area contributed by atoms with Crippen molar-refractivity contribution in [2.24, 2.45) is 5.92 Å². The quantitative estimate of drug-likeness (QED) is 0.852. The van der Waals surface area contributed by atoms with Crippen molar-refractivity contribution in [2.45, 2.75) is 24.8 Å². The molecule has 0 amide bonds. The zero-order valence-corrected chi connectivity index (χ0v) is 12.1. The van der Waals surface area contributed by atoms with E-state index in [1.807, 2.05) is 6.92 Å². The van der Waals surface area contributed by atoms with Gasteiger partial charge in [-0.25, -0.2) is 13.4 Å². The van der Waals surface area contributed by atoms with Crippen LogP contribution in [0.15, 0.2) is 11.2 Å². The summed E-state index contributed by atoms with van der Waals surface area (Å²) in [5.41, 5.74) is 0. The monoisotopic (exact) mass is 321 g/mol. The molecule has 1 N–H and O–H groups in total. The summed E-state index contributed by atoms with van der Waals surface area (Å²) in [6.07, 6.45) is 3.04. The van der Waals surface area contributed by atoms with Gasteiger partial charge < -0.3 is 4.98 Å². The largest absolute Gasteiger partial charge is 0.332 e. The molecule has 1 atom stereocenters. The first-order valence-corrected chi connectivity index (χ1v) is 8.24. The maximum absolute atomic E-state index is 12.3. The van der Waals surface area contributed by atoms with Crippen molar-refractivity contribution >= 4 is 26.0 Å². The van der Waals surface area contributed by atoms with Gasteiger partial charge in [0, 0.05) is 24.8 Å². The Labute approximate surface area is 110 Å². The molecule has 1 aliphatic heterocycles. The number of aromatic amines is 1. The van der Waals surface area contributed by atoms with Crippen molar-refractivity contribution < 1.29 is 8.42 Å². The van der Waals surface area contributed by atoms with Crippen molar-refractivity contribution in [3.8, 4) is 0 Å². The summed E-state index contributed by atoms with van der Waals surface area (Å²) in [6.45, 7) is 3.12. The number of hydrogen-bond donors (Lipinski definition) is 1. The van der Waals surface area contributed by atoms with Crippen LogP contribution in [0.3, 0.4) is 0 Å². The van der Waals surface area contributed by atoms with Crippen LogP contribution in [0.2, 0.25) is 0 Å². The molecular formula is C10H16BrN3O2S. The van der Waals surface area contributed by atoms with Crippen molar-refractivity contribution in [1.82, 2.24) is 14.3 Å². The number of aryl methyl sites for hydroxylation is 1. The second kappa shape index (κ2) is 5.07. The average molecular weight is 322 g/mol. The summed E-state index contributed by atoms with van der Waals surface area (Å²) in [7, 11) is -3.38. The van der Waals surface area contributed by atoms with E-state index in [4.69, 9.17) is 0 Å². The molecular weight excluding hydrogens is 306 g/mol. The molecule has 0 bridgehead atoms. The van der Waals surface area contributed by atoms with Gasteiger partial charge in [-0.1, -0.05) is 22.9 Å². The Morgan fingerprint density at radius 1 is 1.65 bits per heavy atom. The lowest BCUT2D eigenvalue weighted by Crippen LogP contribution is -2.29. The van der Waals surface area contributed by atoms with Crippen LogP contribution >= 0.6 is 15.9 Å². The number of nitrogens with zero attached hydrogens (tertiary/aromatic N) is 2. The molecule has 0 saturated carbocycles. The van der Waals surface area contributed by atoms with Crippen molar-refractivity contribution in [1.29, 1.82) is 0 Å². The molecule has 0 spiro atoms. The van der Waals surface area contributed by atoms with Gasteiger partial charge in [-0.2, -0.15) is 4.31 Å². The lowest BCUT2D eigenvalue weighted by molar-refractivity contribution is 0.463. The number of rotatable bonds is 4. The van der Waals surface area contributed by atoms with Gasteiger partial charge in [0.1, 0.15) is 5.82 Å². The maximum Gasteiger partial charge on any atom is 0.260 e. The van der Waals surface area contributed by atoms with Gasteiger partial charge >= 0.3 is 0 Å². The zero-order valence-electron chi connectivity index (χ0n) is 9.69. The van der Waals surface area contributed by atoms with E-state index in [2.05, 4.69) is 25.9 Å². The molecule has 2 rings (SSSR count). The molecule has 1 aromatic heterocycles. The highest BCUT2D eigenvalue weighted by Crippen LogP contribution is 2.24. The highest BCUT2D eigenvalue weighted by molar-refractivity contribution is 9.09. The van der Waals surface area contributed by atoms with Crippen LogP contribution in [0.25, 0.3) is 0 Å². The summed E-state index contributed by atoms with van der Waals surface area (Å²) in [5, 5.41) is 1.06. The van der Waals surface area contributed by atoms with Gasteiger partial charge in [0.05, 0.1) is 6.20 Å². The van der Waals surface area contributed by atoms with Gasteiger partial charge in [0.15, 0.2) is 5.03 Å². The molecule has 1 aromatic rings. The third-order valence-corrected chi connectivity index (χ3v) is 5.72. The second-order valence-electron chi connectivity index (χ2n) is 4.22. The van der Waals surface area contributed by atoms with Crippen molar-refractivity contribution in [2.75, 3.05) is 18.4 Å². The standard InChI is InChI=1S/C10H16BrN3O2S/c1-2-9-12-6-10(13-9)17(15,16)14-4-3-8(5-11)7-14/h6,8H,2-5,7H2,1H3,(H,12,13). The highest BCUT2D eigenvalue weighted by atomic mass is 79.9. The van der Waals surface area contributed by atoms with E-state index in [9.17, 15) is 8.42 Å². The van der Waals surface area contributed by atoms with Gasteiger partial charge in [-0.05, 0) is 12.3 Å². The molecule has 1 aliphatic rings. The fraction of sp³-hybridized carbons (Fsp3) is 0.700. The molecule has 0 radical (unpaired) electrons. The summed E-state index contributed by atoms with van der Waals surface area (Å²) < 4.78 is 26.1. The number of imidazole rings is 1. The first-order chi connectivity index (χ1) is 8.07. The van der Waals surface area contributed by atoms with Crippen LogP contribution < -0.4 is 0 Å². The minimum Gasteiger partial charge on any atom is -0.332 e. The van der Waals surface area contributed by atoms with Crippen LogP contribution in [0.1, 0.15) is 19.2 Å². The minimum atomic E-state index is -3.38. The Balaban J connectivity index is 2.19. The lowest BCUT2D eigenvalue weighted by Gasteiger charge is -2.14. The number of halogens is 1. The van der Waals surface area contributed by atoms with Gasteiger partial charge in [0.2, 0.25) is 0 Å². The summed E-state index contributed by atoms with van der Waals surface area (Å²) in [4.78, 5) is 6.90. The topological polar surface area (TPSA) is 66.1 Å². The van der Waals surface area contributed by atoms with Crippen molar-refractivity contribution in [3.63, 3.8) is 0 Å². The molecule has 5 nitrogen and oxygen atoms in total. The second-order valence-corrected chi connectivity index (χ2v) is 6.77. The third kappa shape index (κ3) is 2.56.